The third kappa shape index (κ3) is 13.3. The van der Waals surface area contributed by atoms with E-state index in [0.717, 1.165) is 0 Å². The number of nitrogens with zero attached hydrogens (tertiary/aromatic N) is 4. The molecule has 16 nitrogen and oxygen atoms in total. The number of hydrogen-bond donors (Lipinski definition) is 2. The van der Waals surface area contributed by atoms with E-state index in [2.05, 4.69) is 14.7 Å². The normalized spacial score (nSPS) is 9.96. The van der Waals surface area contributed by atoms with Gasteiger partial charge in [0, 0.05) is 49.9 Å². The van der Waals surface area contributed by atoms with Gasteiger partial charge in [-0.1, -0.05) is 0 Å². The molecular formula is C31H33N5O11. The highest BCUT2D eigenvalue weighted by molar-refractivity contribution is 5.81. The molecule has 16 heteroatoms. The zero-order valence-electron chi connectivity index (χ0n) is 25.9. The number of methoxy groups -OCH3 is 2. The second kappa shape index (κ2) is 18.7. The fourth-order valence-electron chi connectivity index (χ4n) is 3.62. The van der Waals surface area contributed by atoms with Gasteiger partial charge in [-0.2, -0.15) is 0 Å². The third-order valence-electron chi connectivity index (χ3n) is 5.72. The molecule has 248 valence electrons. The van der Waals surface area contributed by atoms with Crippen molar-refractivity contribution in [3.63, 3.8) is 0 Å². The predicted molar refractivity (Wildman–Crippen MR) is 169 cm³/mol. The molecule has 2 aromatic heterocycles. The number of carboxylic acids is 1. The number of ether oxygens (including phenoxy) is 4. The number of nitro groups is 2. The van der Waals surface area contributed by atoms with Gasteiger partial charge in [0.15, 0.2) is 5.78 Å². The van der Waals surface area contributed by atoms with E-state index in [9.17, 15) is 29.8 Å². The Morgan fingerprint density at radius 3 is 1.64 bits per heavy atom. The van der Waals surface area contributed by atoms with Crippen molar-refractivity contribution in [2.24, 2.45) is 0 Å². The first-order chi connectivity index (χ1) is 22.3. The van der Waals surface area contributed by atoms with Crippen molar-refractivity contribution < 1.29 is 43.5 Å². The van der Waals surface area contributed by atoms with Crippen molar-refractivity contribution in [3.8, 4) is 23.0 Å². The van der Waals surface area contributed by atoms with Gasteiger partial charge in [0.2, 0.25) is 0 Å². The lowest BCUT2D eigenvalue weighted by molar-refractivity contribution is -0.385. The van der Waals surface area contributed by atoms with Crippen LogP contribution >= 0.6 is 0 Å². The summed E-state index contributed by atoms with van der Waals surface area (Å²) in [5, 5.41) is 29.5. The monoisotopic (exact) mass is 651 g/mol. The van der Waals surface area contributed by atoms with Crippen LogP contribution in [0.15, 0.2) is 73.1 Å². The standard InChI is InChI=1S/C16H16N2O5.C12H11N3O3.C3H6O3/c1-11-3-4-14(9-16(11)18(20)21)23-15-5-6-17-12(8-15)7-13(19)10-22-2;1-8-2-3-9(6-11(8)15(16)17)18-10-4-5-14-12(13)7-10;1-6-2-3(4)5/h3-6,8-9H,7,10H2,1-2H3;2-7H,1H3,(H2,13,14);2H2,1H3,(H,4,5). The molecule has 0 bridgehead atoms. The van der Waals surface area contributed by atoms with Crippen molar-refractivity contribution >= 4 is 28.9 Å². The van der Waals surface area contributed by atoms with Gasteiger partial charge in [-0.3, -0.25) is 30.0 Å². The van der Waals surface area contributed by atoms with Crippen molar-refractivity contribution in [1.82, 2.24) is 9.97 Å². The Balaban J connectivity index is 0.000000284. The number of pyridine rings is 2. The highest BCUT2D eigenvalue weighted by Gasteiger charge is 2.14. The molecular weight excluding hydrogens is 618 g/mol. The number of aryl methyl sites for hydroxylation is 2. The smallest absolute Gasteiger partial charge is 0.329 e. The molecule has 4 aromatic rings. The zero-order valence-corrected chi connectivity index (χ0v) is 25.9. The molecule has 47 heavy (non-hydrogen) atoms. The SMILES string of the molecule is COCC(=O)Cc1cc(Oc2ccc(C)c([N+](=O)[O-])c2)ccn1.COCC(=O)O.Cc1ccc(Oc2ccnc(N)c2)cc1[N+](=O)[O-]. The summed E-state index contributed by atoms with van der Waals surface area (Å²) in [7, 11) is 2.79. The molecule has 0 radical (unpaired) electrons. The lowest BCUT2D eigenvalue weighted by atomic mass is 10.2. The quantitative estimate of drug-likeness (QED) is 0.147. The van der Waals surface area contributed by atoms with Crippen LogP contribution < -0.4 is 15.2 Å². The number of nitrogens with two attached hydrogens (primary N) is 1. The number of benzene rings is 2. The van der Waals surface area contributed by atoms with Gasteiger partial charge in [0.05, 0.1) is 34.1 Å². The number of nitro benzene ring substituents is 2. The van der Waals surface area contributed by atoms with Crippen LogP contribution in [-0.4, -0.2) is 64.1 Å². The number of ketones is 1. The fourth-order valence-corrected chi connectivity index (χ4v) is 3.62. The molecule has 4 rings (SSSR count). The van der Waals surface area contributed by atoms with E-state index < -0.39 is 15.8 Å². The maximum absolute atomic E-state index is 11.6. The average Bonchev–Trinajstić information content (AvgIpc) is 3.00. The molecule has 0 saturated heterocycles. The van der Waals surface area contributed by atoms with Gasteiger partial charge in [-0.05, 0) is 50.2 Å². The number of nitrogen functional groups attached to an aromatic ring is 1. The van der Waals surface area contributed by atoms with E-state index >= 15 is 0 Å². The van der Waals surface area contributed by atoms with Crippen molar-refractivity contribution in [1.29, 1.82) is 0 Å². The molecule has 0 atom stereocenters. The molecule has 2 heterocycles. The van der Waals surface area contributed by atoms with Crippen molar-refractivity contribution in [2.45, 2.75) is 20.3 Å². The molecule has 0 aliphatic heterocycles. The molecule has 0 spiro atoms. The predicted octanol–water partition coefficient (Wildman–Crippen LogP) is 5.24. The van der Waals surface area contributed by atoms with Crippen LogP contribution in [-0.2, 0) is 25.5 Å². The number of carbonyl (C=O) groups excluding carboxylic acids is 1. The van der Waals surface area contributed by atoms with Gasteiger partial charge in [-0.25, -0.2) is 9.78 Å². The van der Waals surface area contributed by atoms with Gasteiger partial charge in [0.25, 0.3) is 11.4 Å². The van der Waals surface area contributed by atoms with E-state index in [-0.39, 0.29) is 36.8 Å². The average molecular weight is 652 g/mol. The Morgan fingerprint density at radius 1 is 0.745 bits per heavy atom. The summed E-state index contributed by atoms with van der Waals surface area (Å²) < 4.78 is 20.1. The van der Waals surface area contributed by atoms with Crippen LogP contribution in [0.1, 0.15) is 16.8 Å². The second-order valence-electron chi connectivity index (χ2n) is 9.49. The maximum atomic E-state index is 11.6. The molecule has 3 N–H and O–H groups in total. The minimum absolute atomic E-state index is 0.00736. The third-order valence-corrected chi connectivity index (χ3v) is 5.72. The summed E-state index contributed by atoms with van der Waals surface area (Å²) in [4.78, 5) is 49.8. The minimum atomic E-state index is -0.933. The zero-order chi connectivity index (χ0) is 34.9. The van der Waals surface area contributed by atoms with Gasteiger partial charge in [-0.15, -0.1) is 0 Å². The molecule has 0 saturated carbocycles. The number of aliphatic carboxylic acids is 1. The summed E-state index contributed by atoms with van der Waals surface area (Å²) in [5.41, 5.74) is 7.22. The Hall–Kier alpha value is -6.00. The molecule has 0 aliphatic carbocycles. The summed E-state index contributed by atoms with van der Waals surface area (Å²) in [6, 6.07) is 15.7. The molecule has 0 amide bonds. The minimum Gasteiger partial charge on any atom is -0.480 e. The molecule has 0 fully saturated rings. The van der Waals surface area contributed by atoms with E-state index in [4.69, 9.17) is 25.1 Å². The van der Waals surface area contributed by atoms with Crippen molar-refractivity contribution in [3.05, 3.63) is 110 Å². The maximum Gasteiger partial charge on any atom is 0.329 e. The highest BCUT2D eigenvalue weighted by atomic mass is 16.6. The number of anilines is 1. The van der Waals surface area contributed by atoms with E-state index in [0.29, 0.717) is 45.6 Å². The summed E-state index contributed by atoms with van der Waals surface area (Å²) in [5.74, 6) is 0.981. The van der Waals surface area contributed by atoms with Gasteiger partial charge < -0.3 is 29.8 Å². The van der Waals surface area contributed by atoms with Gasteiger partial charge in [0.1, 0.15) is 42.0 Å². The van der Waals surface area contributed by atoms with Gasteiger partial charge >= 0.3 is 5.97 Å². The largest absolute Gasteiger partial charge is 0.480 e. The van der Waals surface area contributed by atoms with Crippen LogP contribution in [0.3, 0.4) is 0 Å². The lowest BCUT2D eigenvalue weighted by Crippen LogP contribution is -2.10. The first-order valence-electron chi connectivity index (χ1n) is 13.6. The van der Waals surface area contributed by atoms with Crippen LogP contribution in [0.4, 0.5) is 17.2 Å². The van der Waals surface area contributed by atoms with E-state index in [1.807, 2.05) is 0 Å². The number of rotatable bonds is 12. The summed E-state index contributed by atoms with van der Waals surface area (Å²) in [6.45, 7) is 3.15. The molecule has 0 aliphatic rings. The lowest BCUT2D eigenvalue weighted by Gasteiger charge is -2.08. The van der Waals surface area contributed by atoms with Crippen LogP contribution in [0.2, 0.25) is 0 Å². The fraction of sp³-hybridized carbons (Fsp3) is 0.226. The number of aromatic nitrogens is 2. The number of carboxylic acid groups (broad SMARTS) is 1. The Morgan fingerprint density at radius 2 is 1.21 bits per heavy atom. The number of hydrogen-bond acceptors (Lipinski definition) is 13. The van der Waals surface area contributed by atoms with Crippen molar-refractivity contribution in [2.75, 3.05) is 33.2 Å². The topological polar surface area (TPSA) is 229 Å². The Labute approximate surface area is 269 Å². The van der Waals surface area contributed by atoms with Crippen LogP contribution in [0, 0.1) is 34.1 Å². The second-order valence-corrected chi connectivity index (χ2v) is 9.49. The highest BCUT2D eigenvalue weighted by Crippen LogP contribution is 2.29. The number of carbonyl (C=O) groups is 2. The Bertz CT molecular complexity index is 1700. The summed E-state index contributed by atoms with van der Waals surface area (Å²) in [6.07, 6.45) is 3.17. The first kappa shape index (κ1) is 37.2. The van der Waals surface area contributed by atoms with E-state index in [1.54, 1.807) is 62.4 Å². The van der Waals surface area contributed by atoms with Crippen LogP contribution in [0.25, 0.3) is 0 Å². The molecule has 2 aromatic carbocycles. The Kier molecular flexibility index (Phi) is 14.8. The van der Waals surface area contributed by atoms with E-state index in [1.165, 1.54) is 38.7 Å². The number of Topliss-reactive ketones (excluding diaryl/α,β-unsaturated/α-hetero) is 1. The molecule has 0 unspecified atom stereocenters. The first-order valence-corrected chi connectivity index (χ1v) is 13.6. The van der Waals surface area contributed by atoms with Crippen LogP contribution in [0.5, 0.6) is 23.0 Å². The summed E-state index contributed by atoms with van der Waals surface area (Å²) >= 11 is 0.